The van der Waals surface area contributed by atoms with Crippen LogP contribution in [-0.4, -0.2) is 6.61 Å². The van der Waals surface area contributed by atoms with Gasteiger partial charge >= 0.3 is 0 Å². The van der Waals surface area contributed by atoms with Crippen LogP contribution in [-0.2, 0) is 4.74 Å². The Balaban J connectivity index is 2.90. The molecule has 0 aromatic heterocycles. The smallest absolute Gasteiger partial charge is 0.0876 e. The molecule has 0 spiro atoms. The summed E-state index contributed by atoms with van der Waals surface area (Å²) < 4.78 is 5.32. The molecule has 16 heavy (non-hydrogen) atoms. The van der Waals surface area contributed by atoms with Crippen LogP contribution in [0.25, 0.3) is 0 Å². The van der Waals surface area contributed by atoms with Crippen LogP contribution >= 0.6 is 0 Å². The summed E-state index contributed by atoms with van der Waals surface area (Å²) in [7, 11) is 0. The molecule has 0 radical (unpaired) electrons. The highest BCUT2D eigenvalue weighted by Crippen LogP contribution is 2.10. The average Bonchev–Trinajstić information content (AvgIpc) is 2.25. The van der Waals surface area contributed by atoms with Crippen molar-refractivity contribution >= 4 is 0 Å². The van der Waals surface area contributed by atoms with Gasteiger partial charge in [0.25, 0.3) is 0 Å². The summed E-state index contributed by atoms with van der Waals surface area (Å²) in [5.41, 5.74) is 0. The Hall–Kier alpha value is -0.460. The maximum Gasteiger partial charge on any atom is 0.0876 e. The molecule has 0 unspecified atom stereocenters. The number of rotatable bonds is 12. The number of unbranched alkanes of at least 4 members (excludes halogenated alkanes) is 9. The molecule has 0 rings (SSSR count). The minimum Gasteiger partial charge on any atom is -0.499 e. The average molecular weight is 226 g/mol. The maximum absolute atomic E-state index is 5.32. The van der Waals surface area contributed by atoms with Crippen LogP contribution in [0.1, 0.15) is 78.1 Å². The Bertz CT molecular complexity index is 152. The Morgan fingerprint density at radius 3 is 1.69 bits per heavy atom. The van der Waals surface area contributed by atoms with Crippen molar-refractivity contribution in [3.63, 3.8) is 0 Å². The van der Waals surface area contributed by atoms with Gasteiger partial charge in [-0.05, 0) is 13.3 Å². The van der Waals surface area contributed by atoms with Gasteiger partial charge in [-0.1, -0.05) is 71.3 Å². The van der Waals surface area contributed by atoms with Crippen molar-refractivity contribution in [1.29, 1.82) is 0 Å². The largest absolute Gasteiger partial charge is 0.499 e. The molecule has 0 aromatic rings. The summed E-state index contributed by atoms with van der Waals surface area (Å²) in [5.74, 6) is 0.843. The molecule has 0 saturated carbocycles. The molecule has 0 aliphatic heterocycles. The van der Waals surface area contributed by atoms with Gasteiger partial charge in [0, 0.05) is 0 Å². The molecule has 0 amide bonds. The predicted octanol–water partition coefficient (Wildman–Crippen LogP) is 5.46. The van der Waals surface area contributed by atoms with E-state index >= 15 is 0 Å². The van der Waals surface area contributed by atoms with Gasteiger partial charge in [0.15, 0.2) is 0 Å². The Morgan fingerprint density at radius 2 is 1.25 bits per heavy atom. The van der Waals surface area contributed by atoms with Gasteiger partial charge in [-0.3, -0.25) is 0 Å². The van der Waals surface area contributed by atoms with E-state index in [1.807, 2.05) is 6.92 Å². The lowest BCUT2D eigenvalue weighted by molar-refractivity contribution is 0.208. The van der Waals surface area contributed by atoms with E-state index in [1.165, 1.54) is 64.2 Å². The summed E-state index contributed by atoms with van der Waals surface area (Å²) >= 11 is 0. The first-order valence-corrected chi connectivity index (χ1v) is 7.05. The number of ether oxygens (including phenoxy) is 1. The van der Waals surface area contributed by atoms with Crippen LogP contribution in [0.4, 0.5) is 0 Å². The van der Waals surface area contributed by atoms with Gasteiger partial charge < -0.3 is 4.74 Å². The second-order valence-corrected chi connectivity index (χ2v) is 4.73. The first-order chi connectivity index (χ1) is 7.77. The SMILES string of the molecule is C=C(C)OCCCCCCCCCCCC. The van der Waals surface area contributed by atoms with E-state index in [1.54, 1.807) is 0 Å². The fourth-order valence-corrected chi connectivity index (χ4v) is 1.84. The molecule has 1 nitrogen and oxygen atoms in total. The van der Waals surface area contributed by atoms with E-state index < -0.39 is 0 Å². The zero-order chi connectivity index (χ0) is 12.1. The van der Waals surface area contributed by atoms with Crippen molar-refractivity contribution < 1.29 is 4.74 Å². The fourth-order valence-electron chi connectivity index (χ4n) is 1.84. The van der Waals surface area contributed by atoms with Crippen LogP contribution in [0.5, 0.6) is 0 Å². The molecule has 0 fully saturated rings. The third kappa shape index (κ3) is 13.5. The van der Waals surface area contributed by atoms with Crippen LogP contribution < -0.4 is 0 Å². The minimum absolute atomic E-state index is 0.843. The monoisotopic (exact) mass is 226 g/mol. The van der Waals surface area contributed by atoms with E-state index in [0.29, 0.717) is 0 Å². The molecular formula is C15H30O. The minimum atomic E-state index is 0.843. The molecule has 0 atom stereocenters. The van der Waals surface area contributed by atoms with E-state index in [2.05, 4.69) is 13.5 Å². The van der Waals surface area contributed by atoms with Crippen molar-refractivity contribution in [1.82, 2.24) is 0 Å². The quantitative estimate of drug-likeness (QED) is 0.317. The van der Waals surface area contributed by atoms with Crippen LogP contribution in [0.3, 0.4) is 0 Å². The highest BCUT2D eigenvalue weighted by atomic mass is 16.5. The molecule has 96 valence electrons. The lowest BCUT2D eigenvalue weighted by Gasteiger charge is -2.04. The molecular weight excluding hydrogens is 196 g/mol. The third-order valence-corrected chi connectivity index (χ3v) is 2.85. The van der Waals surface area contributed by atoms with Gasteiger partial charge in [0.1, 0.15) is 0 Å². The van der Waals surface area contributed by atoms with Gasteiger partial charge in [-0.2, -0.15) is 0 Å². The third-order valence-electron chi connectivity index (χ3n) is 2.85. The molecule has 0 heterocycles. The van der Waals surface area contributed by atoms with Gasteiger partial charge in [-0.15, -0.1) is 0 Å². The lowest BCUT2D eigenvalue weighted by atomic mass is 10.1. The highest BCUT2D eigenvalue weighted by molar-refractivity contribution is 4.73. The van der Waals surface area contributed by atoms with E-state index in [9.17, 15) is 0 Å². The first kappa shape index (κ1) is 15.5. The van der Waals surface area contributed by atoms with Crippen molar-refractivity contribution in [3.8, 4) is 0 Å². The van der Waals surface area contributed by atoms with Crippen molar-refractivity contribution in [2.24, 2.45) is 0 Å². The molecule has 0 aromatic carbocycles. The van der Waals surface area contributed by atoms with Crippen molar-refractivity contribution in [3.05, 3.63) is 12.3 Å². The van der Waals surface area contributed by atoms with Crippen LogP contribution in [0, 0.1) is 0 Å². The van der Waals surface area contributed by atoms with E-state index in [0.717, 1.165) is 12.4 Å². The second-order valence-electron chi connectivity index (χ2n) is 4.73. The summed E-state index contributed by atoms with van der Waals surface area (Å²) in [4.78, 5) is 0. The lowest BCUT2D eigenvalue weighted by Crippen LogP contribution is -1.91. The second kappa shape index (κ2) is 12.6. The molecule has 0 bridgehead atoms. The standard InChI is InChI=1S/C15H30O/c1-4-5-6-7-8-9-10-11-12-13-14-16-15(2)3/h2,4-14H2,1,3H3. The summed E-state index contributed by atoms with van der Waals surface area (Å²) in [6.07, 6.45) is 13.8. The zero-order valence-electron chi connectivity index (χ0n) is 11.4. The Labute approximate surface area is 102 Å². The summed E-state index contributed by atoms with van der Waals surface area (Å²) in [5, 5.41) is 0. The van der Waals surface area contributed by atoms with Gasteiger partial charge in [-0.25, -0.2) is 0 Å². The molecule has 0 aliphatic rings. The number of allylic oxidation sites excluding steroid dienone is 1. The van der Waals surface area contributed by atoms with Crippen LogP contribution in [0.2, 0.25) is 0 Å². The Morgan fingerprint density at radius 1 is 0.812 bits per heavy atom. The first-order valence-electron chi connectivity index (χ1n) is 7.05. The maximum atomic E-state index is 5.32. The Kier molecular flexibility index (Phi) is 12.2. The normalized spacial score (nSPS) is 10.4. The molecule has 0 N–H and O–H groups in total. The van der Waals surface area contributed by atoms with Gasteiger partial charge in [0.2, 0.25) is 0 Å². The van der Waals surface area contributed by atoms with Crippen molar-refractivity contribution in [2.45, 2.75) is 78.1 Å². The summed E-state index contributed by atoms with van der Waals surface area (Å²) in [6.45, 7) is 8.75. The fraction of sp³-hybridized carbons (Fsp3) is 0.867. The molecule has 0 aliphatic carbocycles. The van der Waals surface area contributed by atoms with E-state index in [-0.39, 0.29) is 0 Å². The van der Waals surface area contributed by atoms with Crippen LogP contribution in [0.15, 0.2) is 12.3 Å². The summed E-state index contributed by atoms with van der Waals surface area (Å²) in [6, 6.07) is 0. The topological polar surface area (TPSA) is 9.23 Å². The van der Waals surface area contributed by atoms with E-state index in [4.69, 9.17) is 4.74 Å². The van der Waals surface area contributed by atoms with Gasteiger partial charge in [0.05, 0.1) is 12.4 Å². The predicted molar refractivity (Wildman–Crippen MR) is 72.6 cm³/mol. The molecule has 1 heteroatoms. The molecule has 0 saturated heterocycles. The van der Waals surface area contributed by atoms with Crippen molar-refractivity contribution in [2.75, 3.05) is 6.61 Å². The number of hydrogen-bond acceptors (Lipinski definition) is 1. The highest BCUT2D eigenvalue weighted by Gasteiger charge is 1.93. The zero-order valence-corrected chi connectivity index (χ0v) is 11.4. The number of hydrogen-bond donors (Lipinski definition) is 0.